The molecule has 0 spiro atoms. The van der Waals surface area contributed by atoms with E-state index in [1.807, 2.05) is 49.9 Å². The summed E-state index contributed by atoms with van der Waals surface area (Å²) in [6.07, 6.45) is 10.2. The molecule has 0 radical (unpaired) electrons. The third-order valence-electron chi connectivity index (χ3n) is 9.90. The van der Waals surface area contributed by atoms with Crippen molar-refractivity contribution < 1.29 is 19.1 Å². The van der Waals surface area contributed by atoms with E-state index in [2.05, 4.69) is 40.3 Å². The number of hydrogen-bond donors (Lipinski definition) is 1. The number of imidazole rings is 1. The van der Waals surface area contributed by atoms with Crippen molar-refractivity contribution in [2.24, 2.45) is 7.05 Å². The molecular formula is C34H39ClN6O4. The Balaban J connectivity index is 1.30. The number of halogens is 1. The third kappa shape index (κ3) is 5.59. The number of nitrogens with zero attached hydrogens (tertiary/aromatic N) is 5. The topological polar surface area (TPSA) is 102 Å². The van der Waals surface area contributed by atoms with Gasteiger partial charge in [-0.05, 0) is 93.0 Å². The first-order valence-electron chi connectivity index (χ1n) is 15.6. The van der Waals surface area contributed by atoms with Crippen LogP contribution in [0.15, 0.2) is 49.1 Å². The Bertz CT molecular complexity index is 1690. The van der Waals surface area contributed by atoms with Gasteiger partial charge in [0.25, 0.3) is 0 Å². The predicted molar refractivity (Wildman–Crippen MR) is 170 cm³/mol. The molecule has 0 bridgehead atoms. The second-order valence-corrected chi connectivity index (χ2v) is 13.9. The summed E-state index contributed by atoms with van der Waals surface area (Å²) in [5, 5.41) is 3.75. The third-order valence-corrected chi connectivity index (χ3v) is 10.1. The maximum absolute atomic E-state index is 13.3. The minimum absolute atomic E-state index is 0.243. The van der Waals surface area contributed by atoms with Crippen LogP contribution in [0.3, 0.4) is 0 Å². The average Bonchev–Trinajstić information content (AvgIpc) is 3.90. The molecule has 3 aromatic rings. The number of piperazine rings is 1. The van der Waals surface area contributed by atoms with Crippen molar-refractivity contribution in [2.45, 2.75) is 69.2 Å². The predicted octanol–water partition coefficient (Wildman–Crippen LogP) is 5.91. The molecule has 2 atom stereocenters. The quantitative estimate of drug-likeness (QED) is 0.361. The van der Waals surface area contributed by atoms with Crippen molar-refractivity contribution in [1.82, 2.24) is 29.7 Å². The van der Waals surface area contributed by atoms with Crippen LogP contribution >= 0.6 is 11.6 Å². The van der Waals surface area contributed by atoms with Crippen LogP contribution in [0.1, 0.15) is 80.6 Å². The zero-order chi connectivity index (χ0) is 31.6. The SMILES string of the molecule is Cn1cncc1[C@H](NC(=O)OC1(C)CC1)C1=Cc2cccnc2[C@@](C)(N2CCN(C(=O)OC3(C)CC3)CC2)c2ccc(Cl)cc21. The summed E-state index contributed by atoms with van der Waals surface area (Å²) in [6, 6.07) is 9.33. The first-order chi connectivity index (χ1) is 21.5. The van der Waals surface area contributed by atoms with E-state index < -0.39 is 23.3 Å². The van der Waals surface area contributed by atoms with Crippen LogP contribution in [0, 0.1) is 0 Å². The highest BCUT2D eigenvalue weighted by Crippen LogP contribution is 2.48. The highest BCUT2D eigenvalue weighted by atomic mass is 35.5. The molecule has 11 heteroatoms. The van der Waals surface area contributed by atoms with Gasteiger partial charge in [0, 0.05) is 44.4 Å². The van der Waals surface area contributed by atoms with Gasteiger partial charge in [0.1, 0.15) is 11.2 Å². The number of rotatable bonds is 6. The number of aryl methyl sites for hydroxylation is 1. The van der Waals surface area contributed by atoms with Crippen molar-refractivity contribution in [2.75, 3.05) is 26.2 Å². The first-order valence-corrected chi connectivity index (χ1v) is 16.0. The van der Waals surface area contributed by atoms with Gasteiger partial charge in [-0.25, -0.2) is 14.6 Å². The lowest BCUT2D eigenvalue weighted by atomic mass is 9.81. The van der Waals surface area contributed by atoms with Crippen LogP contribution in [0.25, 0.3) is 11.6 Å². The molecule has 1 N–H and O–H groups in total. The van der Waals surface area contributed by atoms with Crippen LogP contribution in [-0.2, 0) is 22.1 Å². The molecule has 10 nitrogen and oxygen atoms in total. The number of carbonyl (C=O) groups is 2. The number of ether oxygens (including phenoxy) is 2. The highest BCUT2D eigenvalue weighted by molar-refractivity contribution is 6.30. The Morgan fingerprint density at radius 3 is 2.38 bits per heavy atom. The van der Waals surface area contributed by atoms with E-state index in [9.17, 15) is 9.59 Å². The second-order valence-electron chi connectivity index (χ2n) is 13.4. The molecule has 1 aromatic carbocycles. The van der Waals surface area contributed by atoms with Crippen molar-refractivity contribution in [3.05, 3.63) is 82.2 Å². The van der Waals surface area contributed by atoms with Crippen LogP contribution in [0.4, 0.5) is 9.59 Å². The number of benzene rings is 1. The molecule has 45 heavy (non-hydrogen) atoms. The zero-order valence-electron chi connectivity index (χ0n) is 26.2. The molecule has 3 fully saturated rings. The van der Waals surface area contributed by atoms with E-state index >= 15 is 0 Å². The van der Waals surface area contributed by atoms with Crippen LogP contribution < -0.4 is 5.32 Å². The number of alkyl carbamates (subject to hydrolysis) is 1. The van der Waals surface area contributed by atoms with Gasteiger partial charge < -0.3 is 24.3 Å². The fourth-order valence-corrected chi connectivity index (χ4v) is 6.72. The van der Waals surface area contributed by atoms with E-state index in [-0.39, 0.29) is 11.7 Å². The Morgan fingerprint density at radius 1 is 1.00 bits per heavy atom. The van der Waals surface area contributed by atoms with Crippen LogP contribution in [0.2, 0.25) is 5.02 Å². The minimum atomic E-state index is -0.674. The lowest BCUT2D eigenvalue weighted by molar-refractivity contribution is 0.0243. The lowest BCUT2D eigenvalue weighted by Gasteiger charge is -2.46. The van der Waals surface area contributed by atoms with Gasteiger partial charge in [-0.2, -0.15) is 0 Å². The van der Waals surface area contributed by atoms with E-state index in [1.54, 1.807) is 17.4 Å². The summed E-state index contributed by atoms with van der Waals surface area (Å²) in [4.78, 5) is 39.8. The molecular weight excluding hydrogens is 592 g/mol. The molecule has 2 amide bonds. The van der Waals surface area contributed by atoms with Crippen molar-refractivity contribution in [3.63, 3.8) is 0 Å². The van der Waals surface area contributed by atoms with Crippen LogP contribution in [0.5, 0.6) is 0 Å². The summed E-state index contributed by atoms with van der Waals surface area (Å²) in [5.74, 6) is 0. The Hall–Kier alpha value is -3.89. The number of aromatic nitrogens is 3. The maximum Gasteiger partial charge on any atom is 0.410 e. The van der Waals surface area contributed by atoms with Gasteiger partial charge >= 0.3 is 12.2 Å². The molecule has 7 rings (SSSR count). The van der Waals surface area contributed by atoms with Crippen molar-refractivity contribution >= 4 is 35.4 Å². The number of fused-ring (bicyclic) bond motifs is 2. The Kier molecular flexibility index (Phi) is 7.20. The van der Waals surface area contributed by atoms with E-state index in [0.717, 1.165) is 59.3 Å². The summed E-state index contributed by atoms with van der Waals surface area (Å²) in [5.41, 5.74) is 3.97. The van der Waals surface area contributed by atoms with Gasteiger partial charge in [0.2, 0.25) is 0 Å². The van der Waals surface area contributed by atoms with Gasteiger partial charge in [-0.1, -0.05) is 23.7 Å². The fourth-order valence-electron chi connectivity index (χ4n) is 6.55. The largest absolute Gasteiger partial charge is 0.443 e. The van der Waals surface area contributed by atoms with Gasteiger partial charge in [-0.3, -0.25) is 9.88 Å². The number of nitrogens with one attached hydrogen (secondary N) is 1. The Morgan fingerprint density at radius 2 is 1.71 bits per heavy atom. The normalized spacial score (nSPS) is 23.5. The molecule has 1 aliphatic heterocycles. The molecule has 2 aromatic heterocycles. The lowest BCUT2D eigenvalue weighted by Crippen LogP contribution is -2.56. The first kappa shape index (κ1) is 29.8. The van der Waals surface area contributed by atoms with Crippen molar-refractivity contribution in [1.29, 1.82) is 0 Å². The standard InChI is InChI=1S/C34H39ClN6O4/c1-32(9-10-32)44-30(42)38-28(27-20-36-21-39(27)4)25-18-22-6-5-13-37-29(22)34(3,26-8-7-23(35)19-24(25)26)41-16-14-40(15-17-41)31(43)45-33(2)11-12-33/h5-8,13,18-21,28H,9-12,14-17H2,1-4H3,(H,38,42)/t28-,34+/m1/s1. The van der Waals surface area contributed by atoms with Crippen LogP contribution in [-0.4, -0.2) is 73.9 Å². The summed E-state index contributed by atoms with van der Waals surface area (Å²) in [6.45, 7) is 8.47. The smallest absolute Gasteiger partial charge is 0.410 e. The van der Waals surface area contributed by atoms with Gasteiger partial charge in [0.15, 0.2) is 0 Å². The second kappa shape index (κ2) is 10.9. The number of pyridine rings is 1. The molecule has 1 saturated heterocycles. The molecule has 2 saturated carbocycles. The fraction of sp³-hybridized carbons (Fsp3) is 0.471. The minimum Gasteiger partial charge on any atom is -0.443 e. The summed E-state index contributed by atoms with van der Waals surface area (Å²) in [7, 11) is 1.91. The van der Waals surface area contributed by atoms with E-state index in [4.69, 9.17) is 26.1 Å². The highest BCUT2D eigenvalue weighted by Gasteiger charge is 2.47. The molecule has 4 aliphatic rings. The van der Waals surface area contributed by atoms with Crippen molar-refractivity contribution in [3.8, 4) is 0 Å². The molecule has 3 heterocycles. The van der Waals surface area contributed by atoms with E-state index in [1.165, 1.54) is 0 Å². The molecule has 236 valence electrons. The molecule has 3 aliphatic carbocycles. The van der Waals surface area contributed by atoms with Gasteiger partial charge in [0.05, 0.1) is 35.5 Å². The summed E-state index contributed by atoms with van der Waals surface area (Å²) >= 11 is 6.72. The molecule has 0 unspecified atom stereocenters. The number of hydrogen-bond acceptors (Lipinski definition) is 7. The maximum atomic E-state index is 13.3. The Labute approximate surface area is 268 Å². The summed E-state index contributed by atoms with van der Waals surface area (Å²) < 4.78 is 13.5. The average molecular weight is 631 g/mol. The van der Waals surface area contributed by atoms with Gasteiger partial charge in [-0.15, -0.1) is 0 Å². The zero-order valence-corrected chi connectivity index (χ0v) is 26.9. The number of amides is 2. The number of carbonyl (C=O) groups excluding carboxylic acids is 2. The van der Waals surface area contributed by atoms with E-state index in [0.29, 0.717) is 31.2 Å². The monoisotopic (exact) mass is 630 g/mol.